The van der Waals surface area contributed by atoms with Crippen molar-refractivity contribution in [3.8, 4) is 0 Å². The van der Waals surface area contributed by atoms with Gasteiger partial charge in [-0.25, -0.2) is 0 Å². The average molecular weight is 390 g/mol. The number of rotatable bonds is 6. The lowest BCUT2D eigenvalue weighted by Gasteiger charge is -2.26. The van der Waals surface area contributed by atoms with Gasteiger partial charge in [0, 0.05) is 19.6 Å². The molecular formula is C19H33Cl2N3O. The van der Waals surface area contributed by atoms with Crippen LogP contribution in [0.4, 0.5) is 0 Å². The summed E-state index contributed by atoms with van der Waals surface area (Å²) in [4.78, 5) is 14.6. The maximum Gasteiger partial charge on any atom is 0.237 e. The summed E-state index contributed by atoms with van der Waals surface area (Å²) >= 11 is 0. The molecule has 144 valence electrons. The average Bonchev–Trinajstić information content (AvgIpc) is 2.98. The van der Waals surface area contributed by atoms with Crippen LogP contribution in [0.1, 0.15) is 32.8 Å². The van der Waals surface area contributed by atoms with E-state index >= 15 is 0 Å². The van der Waals surface area contributed by atoms with E-state index in [1.807, 2.05) is 20.8 Å². The lowest BCUT2D eigenvalue weighted by atomic mass is 9.87. The summed E-state index contributed by atoms with van der Waals surface area (Å²) in [6.45, 7) is 10.0. The maximum absolute atomic E-state index is 12.1. The van der Waals surface area contributed by atoms with E-state index in [1.54, 1.807) is 0 Å². The molecule has 1 aromatic rings. The molecule has 1 heterocycles. The van der Waals surface area contributed by atoms with Gasteiger partial charge >= 0.3 is 0 Å². The number of benzene rings is 1. The monoisotopic (exact) mass is 389 g/mol. The molecule has 1 saturated heterocycles. The zero-order valence-corrected chi connectivity index (χ0v) is 17.2. The highest BCUT2D eigenvalue weighted by molar-refractivity contribution is 5.85. The Morgan fingerprint density at radius 1 is 1.28 bits per heavy atom. The van der Waals surface area contributed by atoms with Crippen LogP contribution in [0, 0.1) is 11.3 Å². The SMILES string of the molecule is CC(C)(C)[C@H](N)C(=O)NCC1CCN(CCc2ccccc2)C1.Cl.Cl. The molecule has 0 aliphatic carbocycles. The molecule has 0 spiro atoms. The van der Waals surface area contributed by atoms with Gasteiger partial charge in [-0.1, -0.05) is 51.1 Å². The molecular weight excluding hydrogens is 357 g/mol. The van der Waals surface area contributed by atoms with Gasteiger partial charge in [0.1, 0.15) is 0 Å². The van der Waals surface area contributed by atoms with E-state index in [0.29, 0.717) is 5.92 Å². The number of nitrogens with two attached hydrogens (primary N) is 1. The van der Waals surface area contributed by atoms with E-state index in [0.717, 1.165) is 39.0 Å². The molecule has 6 heteroatoms. The summed E-state index contributed by atoms with van der Waals surface area (Å²) in [6, 6.07) is 10.2. The maximum atomic E-state index is 12.1. The van der Waals surface area contributed by atoms with Gasteiger partial charge in [0.15, 0.2) is 0 Å². The standard InChI is InChI=1S/C19H31N3O.2ClH/c1-19(2,3)17(20)18(23)21-13-16-10-12-22(14-16)11-9-15-7-5-4-6-8-15;;/h4-8,16-17H,9-14,20H2,1-3H3,(H,21,23);2*1H/t16?,17-;;/m1../s1. The number of carbonyl (C=O) groups is 1. The lowest BCUT2D eigenvalue weighted by Crippen LogP contribution is -2.49. The highest BCUT2D eigenvalue weighted by atomic mass is 35.5. The second-order valence-electron chi connectivity index (χ2n) is 7.78. The topological polar surface area (TPSA) is 58.4 Å². The number of hydrogen-bond acceptors (Lipinski definition) is 3. The van der Waals surface area contributed by atoms with Crippen molar-refractivity contribution < 1.29 is 4.79 Å². The molecule has 0 aromatic heterocycles. The van der Waals surface area contributed by atoms with E-state index < -0.39 is 6.04 Å². The van der Waals surface area contributed by atoms with Crippen LogP contribution in [-0.4, -0.2) is 43.0 Å². The van der Waals surface area contributed by atoms with Gasteiger partial charge in [0.25, 0.3) is 0 Å². The van der Waals surface area contributed by atoms with Crippen molar-refractivity contribution >= 4 is 30.7 Å². The Hall–Kier alpha value is -0.810. The van der Waals surface area contributed by atoms with Crippen LogP contribution >= 0.6 is 24.8 Å². The molecule has 0 bridgehead atoms. The molecule has 1 amide bonds. The quantitative estimate of drug-likeness (QED) is 0.785. The molecule has 3 N–H and O–H groups in total. The van der Waals surface area contributed by atoms with Gasteiger partial charge in [-0.15, -0.1) is 24.8 Å². The molecule has 1 aromatic carbocycles. The van der Waals surface area contributed by atoms with Crippen LogP contribution < -0.4 is 11.1 Å². The third kappa shape index (κ3) is 7.95. The van der Waals surface area contributed by atoms with E-state index in [4.69, 9.17) is 5.73 Å². The van der Waals surface area contributed by atoms with E-state index in [-0.39, 0.29) is 36.1 Å². The van der Waals surface area contributed by atoms with Crippen LogP contribution in [0.15, 0.2) is 30.3 Å². The van der Waals surface area contributed by atoms with Gasteiger partial charge in [0.2, 0.25) is 5.91 Å². The molecule has 2 atom stereocenters. The zero-order valence-electron chi connectivity index (χ0n) is 15.5. The normalized spacial score (nSPS) is 18.8. The van der Waals surface area contributed by atoms with Crippen LogP contribution in [0.5, 0.6) is 0 Å². The van der Waals surface area contributed by atoms with E-state index in [9.17, 15) is 4.79 Å². The zero-order chi connectivity index (χ0) is 16.9. The minimum Gasteiger partial charge on any atom is -0.354 e. The first-order valence-electron chi connectivity index (χ1n) is 8.66. The van der Waals surface area contributed by atoms with Crippen LogP contribution in [0.3, 0.4) is 0 Å². The Bertz CT molecular complexity index is 505. The summed E-state index contributed by atoms with van der Waals surface area (Å²) in [5, 5.41) is 3.03. The van der Waals surface area contributed by atoms with Crippen molar-refractivity contribution in [1.82, 2.24) is 10.2 Å². The van der Waals surface area contributed by atoms with Gasteiger partial charge in [0.05, 0.1) is 6.04 Å². The van der Waals surface area contributed by atoms with E-state index in [2.05, 4.69) is 40.5 Å². The number of likely N-dealkylation sites (tertiary alicyclic amines) is 1. The minimum absolute atomic E-state index is 0. The largest absolute Gasteiger partial charge is 0.354 e. The Kier molecular flexibility index (Phi) is 10.7. The summed E-state index contributed by atoms with van der Waals surface area (Å²) in [5.74, 6) is 0.516. The van der Waals surface area contributed by atoms with Crippen LogP contribution in [0.25, 0.3) is 0 Å². The summed E-state index contributed by atoms with van der Waals surface area (Å²) < 4.78 is 0. The van der Waals surface area contributed by atoms with Crippen molar-refractivity contribution in [2.24, 2.45) is 17.1 Å². The Morgan fingerprint density at radius 3 is 2.52 bits per heavy atom. The number of nitrogens with one attached hydrogen (secondary N) is 1. The fourth-order valence-electron chi connectivity index (χ4n) is 2.96. The molecule has 25 heavy (non-hydrogen) atoms. The number of hydrogen-bond donors (Lipinski definition) is 2. The van der Waals surface area contributed by atoms with Crippen molar-refractivity contribution in [2.45, 2.75) is 39.7 Å². The number of carbonyl (C=O) groups excluding carboxylic acids is 1. The van der Waals surface area contributed by atoms with Crippen LogP contribution in [-0.2, 0) is 11.2 Å². The summed E-state index contributed by atoms with van der Waals surface area (Å²) in [7, 11) is 0. The molecule has 4 nitrogen and oxygen atoms in total. The molecule has 0 radical (unpaired) electrons. The van der Waals surface area contributed by atoms with Crippen molar-refractivity contribution in [1.29, 1.82) is 0 Å². The highest BCUT2D eigenvalue weighted by Gasteiger charge is 2.28. The second kappa shape index (κ2) is 11.0. The molecule has 2 rings (SSSR count). The van der Waals surface area contributed by atoms with Crippen LogP contribution in [0.2, 0.25) is 0 Å². The molecule has 0 saturated carbocycles. The first-order valence-corrected chi connectivity index (χ1v) is 8.66. The molecule has 1 fully saturated rings. The van der Waals surface area contributed by atoms with Crippen molar-refractivity contribution in [2.75, 3.05) is 26.2 Å². The predicted octanol–water partition coefficient (Wildman–Crippen LogP) is 2.88. The lowest BCUT2D eigenvalue weighted by molar-refractivity contribution is -0.124. The first kappa shape index (κ1) is 24.2. The Labute approximate surface area is 164 Å². The van der Waals surface area contributed by atoms with Gasteiger partial charge in [-0.2, -0.15) is 0 Å². The molecule has 1 aliphatic rings. The number of nitrogens with zero attached hydrogens (tertiary/aromatic N) is 1. The minimum atomic E-state index is -0.446. The fraction of sp³-hybridized carbons (Fsp3) is 0.632. The third-order valence-electron chi connectivity index (χ3n) is 4.71. The fourth-order valence-corrected chi connectivity index (χ4v) is 2.96. The summed E-state index contributed by atoms with van der Waals surface area (Å²) in [6.07, 6.45) is 2.24. The van der Waals surface area contributed by atoms with Crippen molar-refractivity contribution in [3.63, 3.8) is 0 Å². The Balaban J connectivity index is 0.00000288. The second-order valence-corrected chi connectivity index (χ2v) is 7.78. The van der Waals surface area contributed by atoms with Crippen molar-refractivity contribution in [3.05, 3.63) is 35.9 Å². The Morgan fingerprint density at radius 2 is 1.92 bits per heavy atom. The van der Waals surface area contributed by atoms with Gasteiger partial charge in [-0.05, 0) is 36.3 Å². The smallest absolute Gasteiger partial charge is 0.237 e. The molecule has 1 unspecified atom stereocenters. The van der Waals surface area contributed by atoms with E-state index in [1.165, 1.54) is 5.56 Å². The predicted molar refractivity (Wildman–Crippen MR) is 110 cm³/mol. The first-order chi connectivity index (χ1) is 10.9. The highest BCUT2D eigenvalue weighted by Crippen LogP contribution is 2.19. The molecule has 1 aliphatic heterocycles. The van der Waals surface area contributed by atoms with Gasteiger partial charge in [-0.3, -0.25) is 4.79 Å². The number of halogens is 2. The third-order valence-corrected chi connectivity index (χ3v) is 4.71. The number of amides is 1. The van der Waals surface area contributed by atoms with Gasteiger partial charge < -0.3 is 16.0 Å². The summed E-state index contributed by atoms with van der Waals surface area (Å²) in [5.41, 5.74) is 7.19.